The summed E-state index contributed by atoms with van der Waals surface area (Å²) in [4.78, 5) is 25.0. The van der Waals surface area contributed by atoms with Crippen molar-refractivity contribution < 1.29 is 19.1 Å². The van der Waals surface area contributed by atoms with E-state index in [4.69, 9.17) is 9.47 Å². The number of hydrogen-bond donors (Lipinski definition) is 2. The van der Waals surface area contributed by atoms with Crippen molar-refractivity contribution in [2.75, 3.05) is 5.32 Å². The molecule has 2 N–H and O–H groups in total. The van der Waals surface area contributed by atoms with Crippen LogP contribution >= 0.6 is 23.1 Å². The van der Waals surface area contributed by atoms with Gasteiger partial charge in [0, 0.05) is 33.4 Å². The average molecular weight is 521 g/mol. The van der Waals surface area contributed by atoms with Crippen molar-refractivity contribution in [1.29, 1.82) is 0 Å². The average Bonchev–Trinajstić information content (AvgIpc) is 3.22. The number of ether oxygens (including phenoxy) is 2. The molecule has 1 aromatic carbocycles. The van der Waals surface area contributed by atoms with Crippen molar-refractivity contribution >= 4 is 41.0 Å². The number of aromatic nitrogens is 2. The standard InChI is InChI=1S/C25H36N4O4S2/c1-14(2)32-24(30)26-18-9-7-17(8-10-18)22-28-29-23(35-22)20-12-11-19(13-21(20)34-16(5)6)27-25(31)33-15(3)4/h11-18H,7-10H2,1-6H3,(H,26,30)(H,27,31)/t17-,18-. The van der Waals surface area contributed by atoms with Gasteiger partial charge in [0.05, 0.1) is 12.2 Å². The molecule has 1 heterocycles. The van der Waals surface area contributed by atoms with Gasteiger partial charge in [-0.1, -0.05) is 25.2 Å². The Balaban J connectivity index is 1.68. The maximum Gasteiger partial charge on any atom is 0.411 e. The molecule has 0 radical (unpaired) electrons. The summed E-state index contributed by atoms with van der Waals surface area (Å²) in [6.07, 6.45) is 2.59. The van der Waals surface area contributed by atoms with Gasteiger partial charge in [0.2, 0.25) is 0 Å². The van der Waals surface area contributed by atoms with Crippen molar-refractivity contribution in [3.63, 3.8) is 0 Å². The predicted octanol–water partition coefficient (Wildman–Crippen LogP) is 6.82. The van der Waals surface area contributed by atoms with Crippen LogP contribution in [0, 0.1) is 0 Å². The maximum absolute atomic E-state index is 12.0. The molecule has 2 amide bonds. The van der Waals surface area contributed by atoms with Gasteiger partial charge in [-0.05, 0) is 71.6 Å². The van der Waals surface area contributed by atoms with Gasteiger partial charge in [-0.2, -0.15) is 0 Å². The van der Waals surface area contributed by atoms with E-state index in [1.807, 2.05) is 45.9 Å². The highest BCUT2D eigenvalue weighted by molar-refractivity contribution is 8.00. The fourth-order valence-electron chi connectivity index (χ4n) is 3.90. The van der Waals surface area contributed by atoms with E-state index in [-0.39, 0.29) is 24.3 Å². The van der Waals surface area contributed by atoms with E-state index in [1.165, 1.54) is 0 Å². The zero-order chi connectivity index (χ0) is 25.5. The van der Waals surface area contributed by atoms with Crippen molar-refractivity contribution in [2.24, 2.45) is 0 Å². The maximum atomic E-state index is 12.0. The smallest absolute Gasteiger partial charge is 0.411 e. The molecule has 0 aliphatic heterocycles. The second-order valence-electron chi connectivity index (χ2n) is 9.55. The van der Waals surface area contributed by atoms with Gasteiger partial charge in [-0.15, -0.1) is 22.0 Å². The molecule has 1 aliphatic carbocycles. The van der Waals surface area contributed by atoms with E-state index in [0.29, 0.717) is 16.9 Å². The van der Waals surface area contributed by atoms with Crippen molar-refractivity contribution in [3.05, 3.63) is 23.2 Å². The molecule has 0 bridgehead atoms. The van der Waals surface area contributed by atoms with E-state index in [2.05, 4.69) is 34.7 Å². The van der Waals surface area contributed by atoms with Crippen LogP contribution in [-0.2, 0) is 9.47 Å². The quantitative estimate of drug-likeness (QED) is 0.368. The minimum absolute atomic E-state index is 0.122. The van der Waals surface area contributed by atoms with Crippen LogP contribution in [0.4, 0.5) is 15.3 Å². The fraction of sp³-hybridized carbons (Fsp3) is 0.600. The molecular weight excluding hydrogens is 484 g/mol. The molecule has 0 atom stereocenters. The first-order chi connectivity index (χ1) is 16.6. The molecule has 1 aliphatic rings. The summed E-state index contributed by atoms with van der Waals surface area (Å²) in [6.45, 7) is 11.6. The number of rotatable bonds is 8. The number of nitrogens with zero attached hydrogens (tertiary/aromatic N) is 2. The Morgan fingerprint density at radius 2 is 1.63 bits per heavy atom. The van der Waals surface area contributed by atoms with Crippen molar-refractivity contribution in [3.8, 4) is 10.6 Å². The highest BCUT2D eigenvalue weighted by atomic mass is 32.2. The topological polar surface area (TPSA) is 102 Å². The number of carbonyl (C=O) groups is 2. The Hall–Kier alpha value is -2.33. The first-order valence-electron chi connectivity index (χ1n) is 12.2. The monoisotopic (exact) mass is 520 g/mol. The zero-order valence-corrected chi connectivity index (χ0v) is 22.9. The number of benzene rings is 1. The lowest BCUT2D eigenvalue weighted by Crippen LogP contribution is -2.38. The summed E-state index contributed by atoms with van der Waals surface area (Å²) in [5.41, 5.74) is 1.70. The Labute approximate surface area is 216 Å². The van der Waals surface area contributed by atoms with E-state index in [9.17, 15) is 9.59 Å². The molecule has 3 rings (SSSR count). The van der Waals surface area contributed by atoms with Crippen LogP contribution in [0.2, 0.25) is 0 Å². The van der Waals surface area contributed by atoms with Crippen molar-refractivity contribution in [2.45, 2.75) is 102 Å². The van der Waals surface area contributed by atoms with Gasteiger partial charge in [0.25, 0.3) is 0 Å². The van der Waals surface area contributed by atoms with Gasteiger partial charge in [0.15, 0.2) is 0 Å². The molecule has 1 aromatic heterocycles. The van der Waals surface area contributed by atoms with E-state index in [0.717, 1.165) is 46.2 Å². The van der Waals surface area contributed by atoms with Crippen molar-refractivity contribution in [1.82, 2.24) is 15.5 Å². The molecule has 1 saturated carbocycles. The number of alkyl carbamates (subject to hydrolysis) is 1. The number of hydrogen-bond acceptors (Lipinski definition) is 8. The van der Waals surface area contributed by atoms with Crippen LogP contribution in [0.5, 0.6) is 0 Å². The summed E-state index contributed by atoms with van der Waals surface area (Å²) in [7, 11) is 0. The Bertz CT molecular complexity index is 1000. The van der Waals surface area contributed by atoms with Gasteiger partial charge >= 0.3 is 12.2 Å². The lowest BCUT2D eigenvalue weighted by molar-refractivity contribution is 0.109. The van der Waals surface area contributed by atoms with Gasteiger partial charge in [-0.3, -0.25) is 5.32 Å². The van der Waals surface area contributed by atoms with Crippen LogP contribution in [0.15, 0.2) is 23.1 Å². The molecule has 2 aromatic rings. The Kier molecular flexibility index (Phi) is 9.80. The third-order valence-electron chi connectivity index (χ3n) is 5.35. The SMILES string of the molecule is CC(C)OC(=O)Nc1ccc(-c2nnc([C@H]3CC[C@H](NC(=O)OC(C)C)CC3)s2)c(SC(C)C)c1. The molecule has 8 nitrogen and oxygen atoms in total. The third-order valence-corrected chi connectivity index (χ3v) is 7.53. The van der Waals surface area contributed by atoms with Crippen LogP contribution in [0.1, 0.15) is 78.2 Å². The summed E-state index contributed by atoms with van der Waals surface area (Å²) >= 11 is 3.35. The molecule has 10 heteroatoms. The minimum Gasteiger partial charge on any atom is -0.447 e. The molecule has 35 heavy (non-hydrogen) atoms. The second-order valence-corrected chi connectivity index (χ2v) is 12.2. The third kappa shape index (κ3) is 8.38. The number of amides is 2. The summed E-state index contributed by atoms with van der Waals surface area (Å²) < 4.78 is 10.4. The summed E-state index contributed by atoms with van der Waals surface area (Å²) in [6, 6.07) is 5.97. The highest BCUT2D eigenvalue weighted by Gasteiger charge is 2.27. The Morgan fingerprint density at radius 3 is 2.26 bits per heavy atom. The highest BCUT2D eigenvalue weighted by Crippen LogP contribution is 2.40. The minimum atomic E-state index is -0.464. The normalized spacial score (nSPS) is 18.1. The number of anilines is 1. The number of thioether (sulfide) groups is 1. The Morgan fingerprint density at radius 1 is 0.971 bits per heavy atom. The van der Waals surface area contributed by atoms with E-state index < -0.39 is 6.09 Å². The molecular formula is C25H36N4O4S2. The second kappa shape index (κ2) is 12.6. The van der Waals surface area contributed by atoms with Crippen LogP contribution in [0.25, 0.3) is 10.6 Å². The number of nitrogens with one attached hydrogen (secondary N) is 2. The lowest BCUT2D eigenvalue weighted by Gasteiger charge is -2.27. The fourth-order valence-corrected chi connectivity index (χ4v) is 6.01. The number of carbonyl (C=O) groups excluding carboxylic acids is 2. The summed E-state index contributed by atoms with van der Waals surface area (Å²) in [5.74, 6) is 0.341. The van der Waals surface area contributed by atoms with E-state index >= 15 is 0 Å². The predicted molar refractivity (Wildman–Crippen MR) is 141 cm³/mol. The van der Waals surface area contributed by atoms with Gasteiger partial charge < -0.3 is 14.8 Å². The van der Waals surface area contributed by atoms with Crippen LogP contribution in [-0.4, -0.2) is 45.9 Å². The van der Waals surface area contributed by atoms with E-state index in [1.54, 1.807) is 23.1 Å². The van der Waals surface area contributed by atoms with Crippen LogP contribution < -0.4 is 10.6 Å². The lowest BCUT2D eigenvalue weighted by atomic mass is 9.86. The summed E-state index contributed by atoms with van der Waals surface area (Å²) in [5, 5.41) is 17.1. The first kappa shape index (κ1) is 27.3. The van der Waals surface area contributed by atoms with Crippen LogP contribution in [0.3, 0.4) is 0 Å². The largest absolute Gasteiger partial charge is 0.447 e. The molecule has 0 spiro atoms. The molecule has 0 saturated heterocycles. The molecule has 0 unspecified atom stereocenters. The zero-order valence-electron chi connectivity index (χ0n) is 21.3. The van der Waals surface area contributed by atoms with Gasteiger partial charge in [-0.25, -0.2) is 9.59 Å². The first-order valence-corrected chi connectivity index (χ1v) is 13.9. The molecule has 192 valence electrons. The van der Waals surface area contributed by atoms with Gasteiger partial charge in [0.1, 0.15) is 10.0 Å². The molecule has 1 fully saturated rings.